The lowest BCUT2D eigenvalue weighted by atomic mass is 10.1. The van der Waals surface area contributed by atoms with E-state index < -0.39 is 5.97 Å². The van der Waals surface area contributed by atoms with Gasteiger partial charge in [-0.15, -0.1) is 0 Å². The van der Waals surface area contributed by atoms with E-state index in [9.17, 15) is 9.90 Å². The summed E-state index contributed by atoms with van der Waals surface area (Å²) in [5.41, 5.74) is 1.08. The van der Waals surface area contributed by atoms with E-state index in [1.807, 2.05) is 36.6 Å². The fraction of sp³-hybridized carbons (Fsp3) is 0.125. The van der Waals surface area contributed by atoms with Crippen molar-refractivity contribution in [1.82, 2.24) is 4.98 Å². The van der Waals surface area contributed by atoms with E-state index in [0.29, 0.717) is 10.9 Å². The van der Waals surface area contributed by atoms with Crippen molar-refractivity contribution in [2.24, 2.45) is 0 Å². The van der Waals surface area contributed by atoms with Crippen LogP contribution in [0.5, 0.6) is 10.9 Å². The number of ether oxygens (including phenoxy) is 1. The number of aromatic nitrogens is 1. The molecule has 0 fully saturated rings. The summed E-state index contributed by atoms with van der Waals surface area (Å²) in [6.07, 6.45) is 0.821. The molecule has 4 nitrogen and oxygen atoms in total. The predicted octanol–water partition coefficient (Wildman–Crippen LogP) is 4.35. The number of benzene rings is 2. The Labute approximate surface area is 125 Å². The molecule has 0 bridgehead atoms. The Balaban J connectivity index is 2.13. The van der Waals surface area contributed by atoms with Gasteiger partial charge >= 0.3 is 5.97 Å². The molecule has 0 aliphatic heterocycles. The first-order valence-electron chi connectivity index (χ1n) is 6.56. The number of hydrogen-bond donors (Lipinski definition) is 1. The number of thiazole rings is 1. The standard InChI is InChI=1S/C16H13NO3S/c1-2-11-9-21-16(17-11)20-14-12-6-4-3-5-10(12)7-8-13(14)15(18)19/h3-9H,2H2,1H3,(H,18,19). The molecule has 0 aliphatic carbocycles. The Morgan fingerprint density at radius 3 is 2.81 bits per heavy atom. The van der Waals surface area contributed by atoms with Gasteiger partial charge in [-0.2, -0.15) is 0 Å². The minimum absolute atomic E-state index is 0.141. The van der Waals surface area contributed by atoms with Crippen LogP contribution in [0.3, 0.4) is 0 Å². The van der Waals surface area contributed by atoms with E-state index in [2.05, 4.69) is 4.98 Å². The zero-order valence-corrected chi connectivity index (χ0v) is 12.2. The van der Waals surface area contributed by atoms with Crippen molar-refractivity contribution in [2.75, 3.05) is 0 Å². The Morgan fingerprint density at radius 1 is 1.29 bits per heavy atom. The van der Waals surface area contributed by atoms with Gasteiger partial charge in [-0.3, -0.25) is 0 Å². The molecule has 3 aromatic rings. The first-order valence-corrected chi connectivity index (χ1v) is 7.44. The topological polar surface area (TPSA) is 59.4 Å². The molecule has 21 heavy (non-hydrogen) atoms. The van der Waals surface area contributed by atoms with Crippen LogP contribution in [0.4, 0.5) is 0 Å². The SMILES string of the molecule is CCc1csc(Oc2c(C(=O)O)ccc3ccccc23)n1. The number of carboxylic acids is 1. The summed E-state index contributed by atoms with van der Waals surface area (Å²) in [7, 11) is 0. The average Bonchev–Trinajstić information content (AvgIpc) is 2.95. The van der Waals surface area contributed by atoms with Gasteiger partial charge in [-0.05, 0) is 17.9 Å². The number of nitrogens with zero attached hydrogens (tertiary/aromatic N) is 1. The van der Waals surface area contributed by atoms with Crippen molar-refractivity contribution in [1.29, 1.82) is 0 Å². The van der Waals surface area contributed by atoms with Crippen molar-refractivity contribution in [3.8, 4) is 10.9 Å². The highest BCUT2D eigenvalue weighted by atomic mass is 32.1. The van der Waals surface area contributed by atoms with Crippen LogP contribution in [-0.2, 0) is 6.42 Å². The van der Waals surface area contributed by atoms with Gasteiger partial charge in [0, 0.05) is 10.8 Å². The van der Waals surface area contributed by atoms with Crippen LogP contribution in [0.1, 0.15) is 23.0 Å². The van der Waals surface area contributed by atoms with Crippen LogP contribution in [0, 0.1) is 0 Å². The third kappa shape index (κ3) is 2.60. The minimum Gasteiger partial charge on any atom is -0.478 e. The molecule has 106 valence electrons. The van der Waals surface area contributed by atoms with Crippen molar-refractivity contribution in [3.63, 3.8) is 0 Å². The Bertz CT molecular complexity index is 810. The summed E-state index contributed by atoms with van der Waals surface area (Å²) < 4.78 is 5.79. The van der Waals surface area contributed by atoms with Gasteiger partial charge in [0.15, 0.2) is 5.75 Å². The number of aryl methyl sites for hydroxylation is 1. The zero-order chi connectivity index (χ0) is 14.8. The van der Waals surface area contributed by atoms with Crippen LogP contribution in [0.2, 0.25) is 0 Å². The van der Waals surface area contributed by atoms with E-state index in [4.69, 9.17) is 4.74 Å². The largest absolute Gasteiger partial charge is 0.478 e. The fourth-order valence-corrected chi connectivity index (χ4v) is 2.86. The summed E-state index contributed by atoms with van der Waals surface area (Å²) in [5.74, 6) is -0.666. The highest BCUT2D eigenvalue weighted by Gasteiger charge is 2.16. The molecule has 1 N–H and O–H groups in total. The van der Waals surface area contributed by atoms with Crippen LogP contribution in [0.25, 0.3) is 10.8 Å². The van der Waals surface area contributed by atoms with Crippen LogP contribution in [0.15, 0.2) is 41.8 Å². The van der Waals surface area contributed by atoms with Gasteiger partial charge in [0.25, 0.3) is 5.19 Å². The number of aromatic carboxylic acids is 1. The summed E-state index contributed by atoms with van der Waals surface area (Å²) in [6.45, 7) is 2.01. The van der Waals surface area contributed by atoms with Gasteiger partial charge in [-0.25, -0.2) is 9.78 Å². The summed E-state index contributed by atoms with van der Waals surface area (Å²) in [5, 5.41) is 13.4. The highest BCUT2D eigenvalue weighted by molar-refractivity contribution is 7.11. The van der Waals surface area contributed by atoms with Crippen LogP contribution >= 0.6 is 11.3 Å². The maximum absolute atomic E-state index is 11.4. The summed E-state index contributed by atoms with van der Waals surface area (Å²) in [6, 6.07) is 10.9. The van der Waals surface area contributed by atoms with E-state index >= 15 is 0 Å². The molecule has 0 saturated carbocycles. The van der Waals surface area contributed by atoms with Gasteiger partial charge in [0.2, 0.25) is 0 Å². The van der Waals surface area contributed by atoms with E-state index in [1.54, 1.807) is 12.1 Å². The maximum Gasteiger partial charge on any atom is 0.339 e. The van der Waals surface area contributed by atoms with E-state index in [1.165, 1.54) is 11.3 Å². The second-order valence-electron chi connectivity index (χ2n) is 4.53. The lowest BCUT2D eigenvalue weighted by molar-refractivity contribution is 0.0694. The molecular weight excluding hydrogens is 286 g/mol. The minimum atomic E-state index is -1.01. The second-order valence-corrected chi connectivity index (χ2v) is 5.35. The van der Waals surface area contributed by atoms with Gasteiger partial charge in [0.05, 0.1) is 5.69 Å². The quantitative estimate of drug-likeness (QED) is 0.778. The molecular formula is C16H13NO3S. The monoisotopic (exact) mass is 299 g/mol. The molecule has 0 aliphatic rings. The van der Waals surface area contributed by atoms with Gasteiger partial charge < -0.3 is 9.84 Å². The van der Waals surface area contributed by atoms with E-state index in [0.717, 1.165) is 22.9 Å². The second kappa shape index (κ2) is 5.54. The molecule has 0 saturated heterocycles. The lowest BCUT2D eigenvalue weighted by Crippen LogP contribution is -2.00. The Kier molecular flexibility index (Phi) is 3.58. The first-order chi connectivity index (χ1) is 10.2. The lowest BCUT2D eigenvalue weighted by Gasteiger charge is -2.09. The highest BCUT2D eigenvalue weighted by Crippen LogP contribution is 2.35. The molecule has 0 amide bonds. The maximum atomic E-state index is 11.4. The number of fused-ring (bicyclic) bond motifs is 1. The third-order valence-corrected chi connectivity index (χ3v) is 3.96. The predicted molar refractivity (Wildman–Crippen MR) is 82.5 cm³/mol. The molecule has 0 spiro atoms. The van der Waals surface area contributed by atoms with Crippen molar-refractivity contribution in [3.05, 3.63) is 53.0 Å². The van der Waals surface area contributed by atoms with Crippen molar-refractivity contribution >= 4 is 28.1 Å². The van der Waals surface area contributed by atoms with Gasteiger partial charge in [0.1, 0.15) is 5.56 Å². The normalized spacial score (nSPS) is 10.7. The zero-order valence-electron chi connectivity index (χ0n) is 11.4. The molecule has 0 radical (unpaired) electrons. The average molecular weight is 299 g/mol. The summed E-state index contributed by atoms with van der Waals surface area (Å²) >= 11 is 1.37. The molecule has 3 rings (SSSR count). The van der Waals surface area contributed by atoms with Crippen LogP contribution in [-0.4, -0.2) is 16.1 Å². The van der Waals surface area contributed by atoms with Gasteiger partial charge in [-0.1, -0.05) is 48.6 Å². The van der Waals surface area contributed by atoms with Crippen molar-refractivity contribution < 1.29 is 14.6 Å². The molecule has 2 aromatic carbocycles. The number of hydrogen-bond acceptors (Lipinski definition) is 4. The number of carbonyl (C=O) groups is 1. The first kappa shape index (κ1) is 13.6. The number of rotatable bonds is 4. The smallest absolute Gasteiger partial charge is 0.339 e. The third-order valence-electron chi connectivity index (χ3n) is 3.19. The molecule has 0 atom stereocenters. The number of carboxylic acid groups (broad SMARTS) is 1. The van der Waals surface area contributed by atoms with Crippen molar-refractivity contribution in [2.45, 2.75) is 13.3 Å². The Hall–Kier alpha value is -2.40. The molecule has 1 aromatic heterocycles. The fourth-order valence-electron chi connectivity index (χ4n) is 2.11. The van der Waals surface area contributed by atoms with E-state index in [-0.39, 0.29) is 5.56 Å². The molecule has 5 heteroatoms. The molecule has 1 heterocycles. The van der Waals surface area contributed by atoms with Crippen LogP contribution < -0.4 is 4.74 Å². The molecule has 0 unspecified atom stereocenters. The summed E-state index contributed by atoms with van der Waals surface area (Å²) in [4.78, 5) is 15.8. The Morgan fingerprint density at radius 2 is 2.10 bits per heavy atom.